The fourth-order valence-corrected chi connectivity index (χ4v) is 3.64. The number of aryl methyl sites for hydroxylation is 1. The van der Waals surface area contributed by atoms with Crippen molar-refractivity contribution in [3.63, 3.8) is 0 Å². The van der Waals surface area contributed by atoms with Gasteiger partial charge in [0.1, 0.15) is 11.9 Å². The molecule has 2 atom stereocenters. The summed E-state index contributed by atoms with van der Waals surface area (Å²) in [5, 5.41) is 3.14. The SMILES string of the molecule is Cn1ccnc1[C@H]1OCC[C@@H]1NC(=O)CN1CCc2ccccc21. The van der Waals surface area contributed by atoms with E-state index < -0.39 is 0 Å². The van der Waals surface area contributed by atoms with Gasteiger partial charge in [0.2, 0.25) is 5.91 Å². The molecule has 24 heavy (non-hydrogen) atoms. The van der Waals surface area contributed by atoms with Crippen LogP contribution < -0.4 is 10.2 Å². The second-order valence-corrected chi connectivity index (χ2v) is 6.45. The number of rotatable bonds is 4. The normalized spacial score (nSPS) is 22.6. The average Bonchev–Trinajstić information content (AvgIpc) is 3.28. The van der Waals surface area contributed by atoms with E-state index >= 15 is 0 Å². The lowest BCUT2D eigenvalue weighted by molar-refractivity contribution is -0.120. The maximum absolute atomic E-state index is 12.5. The topological polar surface area (TPSA) is 59.4 Å². The van der Waals surface area contributed by atoms with Gasteiger partial charge < -0.3 is 19.5 Å². The quantitative estimate of drug-likeness (QED) is 0.923. The number of amides is 1. The number of hydrogen-bond donors (Lipinski definition) is 1. The summed E-state index contributed by atoms with van der Waals surface area (Å²) >= 11 is 0. The van der Waals surface area contributed by atoms with Crippen molar-refractivity contribution in [3.05, 3.63) is 48.0 Å². The minimum absolute atomic E-state index is 0.0172. The van der Waals surface area contributed by atoms with Crippen LogP contribution in [0.4, 0.5) is 5.69 Å². The Bertz CT molecular complexity index is 742. The molecule has 0 bridgehead atoms. The smallest absolute Gasteiger partial charge is 0.239 e. The van der Waals surface area contributed by atoms with Crippen LogP contribution in [0.2, 0.25) is 0 Å². The predicted octanol–water partition coefficient (Wildman–Crippen LogP) is 1.43. The van der Waals surface area contributed by atoms with E-state index in [2.05, 4.69) is 33.4 Å². The number of nitrogens with one attached hydrogen (secondary N) is 1. The molecular weight excluding hydrogens is 304 g/mol. The zero-order valence-corrected chi connectivity index (χ0v) is 13.8. The van der Waals surface area contributed by atoms with Crippen LogP contribution in [-0.2, 0) is 23.0 Å². The summed E-state index contributed by atoms with van der Waals surface area (Å²) in [6.07, 6.45) is 5.32. The minimum Gasteiger partial charge on any atom is -0.368 e. The summed E-state index contributed by atoms with van der Waals surface area (Å²) < 4.78 is 7.76. The fourth-order valence-electron chi connectivity index (χ4n) is 3.64. The lowest BCUT2D eigenvalue weighted by Crippen LogP contribution is -2.43. The number of nitrogens with zero attached hydrogens (tertiary/aromatic N) is 3. The van der Waals surface area contributed by atoms with Gasteiger partial charge in [-0.25, -0.2) is 4.98 Å². The van der Waals surface area contributed by atoms with Crippen LogP contribution in [0.1, 0.15) is 23.9 Å². The van der Waals surface area contributed by atoms with Gasteiger partial charge in [-0.2, -0.15) is 0 Å². The van der Waals surface area contributed by atoms with E-state index in [1.165, 1.54) is 11.3 Å². The molecule has 1 fully saturated rings. The molecule has 0 unspecified atom stereocenters. The molecule has 1 aromatic carbocycles. The van der Waals surface area contributed by atoms with Gasteiger partial charge in [0.15, 0.2) is 0 Å². The molecule has 2 aromatic rings. The summed E-state index contributed by atoms with van der Waals surface area (Å²) in [7, 11) is 1.95. The third kappa shape index (κ3) is 2.78. The Balaban J connectivity index is 1.40. The number of ether oxygens (including phenoxy) is 1. The second kappa shape index (κ2) is 6.28. The van der Waals surface area contributed by atoms with Crippen molar-refractivity contribution in [1.29, 1.82) is 0 Å². The van der Waals surface area contributed by atoms with Crippen LogP contribution in [0.3, 0.4) is 0 Å². The standard InChI is InChI=1S/C18H22N4O2/c1-21-10-8-19-18(21)17-14(7-11-24-17)20-16(23)12-22-9-6-13-4-2-3-5-15(13)22/h2-5,8,10,14,17H,6-7,9,11-12H2,1H3,(H,20,23)/t14-,17-/m0/s1. The Kier molecular flexibility index (Phi) is 3.98. The van der Waals surface area contributed by atoms with Crippen molar-refractivity contribution in [1.82, 2.24) is 14.9 Å². The Morgan fingerprint density at radius 1 is 1.42 bits per heavy atom. The number of para-hydroxylation sites is 1. The summed E-state index contributed by atoms with van der Waals surface area (Å²) in [5.74, 6) is 0.908. The third-order valence-corrected chi connectivity index (χ3v) is 4.87. The van der Waals surface area contributed by atoms with Gasteiger partial charge in [0.25, 0.3) is 0 Å². The molecule has 4 rings (SSSR count). The van der Waals surface area contributed by atoms with Gasteiger partial charge in [-0.1, -0.05) is 18.2 Å². The number of hydrogen-bond acceptors (Lipinski definition) is 4. The van der Waals surface area contributed by atoms with Crippen molar-refractivity contribution < 1.29 is 9.53 Å². The van der Waals surface area contributed by atoms with Crippen LogP contribution in [-0.4, -0.2) is 41.2 Å². The number of fused-ring (bicyclic) bond motifs is 1. The molecule has 1 aromatic heterocycles. The zero-order valence-electron chi connectivity index (χ0n) is 13.8. The van der Waals surface area contributed by atoms with E-state index in [4.69, 9.17) is 4.74 Å². The van der Waals surface area contributed by atoms with Gasteiger partial charge in [-0.05, 0) is 24.5 Å². The number of anilines is 1. The minimum atomic E-state index is -0.167. The fraction of sp³-hybridized carbons (Fsp3) is 0.444. The molecule has 0 aliphatic carbocycles. The highest BCUT2D eigenvalue weighted by molar-refractivity contribution is 5.82. The van der Waals surface area contributed by atoms with Crippen LogP contribution in [0.5, 0.6) is 0 Å². The number of carbonyl (C=O) groups is 1. The summed E-state index contributed by atoms with van der Waals surface area (Å²) in [5.41, 5.74) is 2.50. The second-order valence-electron chi connectivity index (χ2n) is 6.45. The molecule has 6 heteroatoms. The Morgan fingerprint density at radius 2 is 2.29 bits per heavy atom. The highest BCUT2D eigenvalue weighted by Crippen LogP contribution is 2.29. The number of benzene rings is 1. The lowest BCUT2D eigenvalue weighted by Gasteiger charge is -2.23. The van der Waals surface area contributed by atoms with E-state index in [0.717, 1.165) is 25.2 Å². The predicted molar refractivity (Wildman–Crippen MR) is 90.8 cm³/mol. The highest BCUT2D eigenvalue weighted by Gasteiger charge is 2.34. The zero-order chi connectivity index (χ0) is 16.5. The van der Waals surface area contributed by atoms with E-state index in [9.17, 15) is 4.79 Å². The average molecular weight is 326 g/mol. The van der Waals surface area contributed by atoms with Gasteiger partial charge >= 0.3 is 0 Å². The number of imidazole rings is 1. The van der Waals surface area contributed by atoms with E-state index in [1.54, 1.807) is 6.20 Å². The maximum Gasteiger partial charge on any atom is 0.239 e. The van der Waals surface area contributed by atoms with Crippen molar-refractivity contribution in [2.75, 3.05) is 24.6 Å². The molecule has 3 heterocycles. The number of aromatic nitrogens is 2. The van der Waals surface area contributed by atoms with Crippen molar-refractivity contribution in [2.45, 2.75) is 25.0 Å². The molecule has 126 valence electrons. The van der Waals surface area contributed by atoms with Crippen LogP contribution in [0.25, 0.3) is 0 Å². The first-order valence-electron chi connectivity index (χ1n) is 8.43. The molecule has 6 nitrogen and oxygen atoms in total. The largest absolute Gasteiger partial charge is 0.368 e. The van der Waals surface area contributed by atoms with Gasteiger partial charge in [-0.15, -0.1) is 0 Å². The summed E-state index contributed by atoms with van der Waals surface area (Å²) in [6.45, 7) is 1.94. The summed E-state index contributed by atoms with van der Waals surface area (Å²) in [6, 6.07) is 8.28. The maximum atomic E-state index is 12.5. The molecule has 0 spiro atoms. The Labute approximate surface area is 141 Å². The molecule has 2 aliphatic rings. The highest BCUT2D eigenvalue weighted by atomic mass is 16.5. The van der Waals surface area contributed by atoms with Crippen LogP contribution in [0, 0.1) is 0 Å². The van der Waals surface area contributed by atoms with Gasteiger partial charge in [0, 0.05) is 38.3 Å². The molecule has 0 radical (unpaired) electrons. The first kappa shape index (κ1) is 15.2. The molecule has 1 N–H and O–H groups in total. The van der Waals surface area contributed by atoms with Crippen LogP contribution >= 0.6 is 0 Å². The first-order valence-corrected chi connectivity index (χ1v) is 8.43. The third-order valence-electron chi connectivity index (χ3n) is 4.87. The Morgan fingerprint density at radius 3 is 3.12 bits per heavy atom. The monoisotopic (exact) mass is 326 g/mol. The lowest BCUT2D eigenvalue weighted by atomic mass is 10.1. The summed E-state index contributed by atoms with van der Waals surface area (Å²) in [4.78, 5) is 19.0. The van der Waals surface area contributed by atoms with Crippen LogP contribution in [0.15, 0.2) is 36.7 Å². The molecule has 1 amide bonds. The van der Waals surface area contributed by atoms with Crippen molar-refractivity contribution in [2.24, 2.45) is 7.05 Å². The molecule has 0 saturated carbocycles. The van der Waals surface area contributed by atoms with Gasteiger partial charge in [-0.3, -0.25) is 4.79 Å². The Hall–Kier alpha value is -2.34. The van der Waals surface area contributed by atoms with Gasteiger partial charge in [0.05, 0.1) is 12.6 Å². The first-order chi connectivity index (χ1) is 11.7. The molecular formula is C18H22N4O2. The van der Waals surface area contributed by atoms with E-state index in [1.807, 2.05) is 23.9 Å². The molecule has 1 saturated heterocycles. The van der Waals surface area contributed by atoms with Crippen molar-refractivity contribution in [3.8, 4) is 0 Å². The molecule has 2 aliphatic heterocycles. The van der Waals surface area contributed by atoms with E-state index in [-0.39, 0.29) is 18.1 Å². The van der Waals surface area contributed by atoms with E-state index in [0.29, 0.717) is 13.2 Å². The van der Waals surface area contributed by atoms with Crippen molar-refractivity contribution >= 4 is 11.6 Å². The number of carbonyl (C=O) groups excluding carboxylic acids is 1.